The van der Waals surface area contributed by atoms with E-state index < -0.39 is 17.6 Å². The highest BCUT2D eigenvalue weighted by Crippen LogP contribution is 2.36. The van der Waals surface area contributed by atoms with Crippen LogP contribution in [0.3, 0.4) is 0 Å². The number of hydrogen-bond donors (Lipinski definition) is 1. The summed E-state index contributed by atoms with van der Waals surface area (Å²) in [5.74, 6) is -0.410. The summed E-state index contributed by atoms with van der Waals surface area (Å²) in [5, 5.41) is 0. The normalized spacial score (nSPS) is 11.7. The monoisotopic (exact) mass is 301 g/mol. The van der Waals surface area contributed by atoms with E-state index in [0.29, 0.717) is 9.79 Å². The molecule has 2 aromatic rings. The van der Waals surface area contributed by atoms with Crippen molar-refractivity contribution in [3.63, 3.8) is 0 Å². The summed E-state index contributed by atoms with van der Waals surface area (Å²) < 4.78 is 51.7. The Morgan fingerprint density at radius 1 is 1.05 bits per heavy atom. The van der Waals surface area contributed by atoms with Crippen LogP contribution in [-0.2, 0) is 12.7 Å². The van der Waals surface area contributed by atoms with Crippen molar-refractivity contribution in [3.8, 4) is 0 Å². The second-order valence-corrected chi connectivity index (χ2v) is 5.17. The van der Waals surface area contributed by atoms with Gasteiger partial charge >= 0.3 is 6.18 Å². The van der Waals surface area contributed by atoms with Crippen LogP contribution in [0.5, 0.6) is 0 Å². The molecule has 106 valence electrons. The van der Waals surface area contributed by atoms with Crippen molar-refractivity contribution >= 4 is 11.8 Å². The Labute approximate surface area is 117 Å². The average molecular weight is 301 g/mol. The van der Waals surface area contributed by atoms with Gasteiger partial charge in [-0.1, -0.05) is 23.9 Å². The van der Waals surface area contributed by atoms with Crippen LogP contribution in [0.2, 0.25) is 0 Å². The zero-order valence-electron chi connectivity index (χ0n) is 10.2. The van der Waals surface area contributed by atoms with Gasteiger partial charge in [-0.2, -0.15) is 13.2 Å². The first-order chi connectivity index (χ1) is 9.41. The molecule has 0 fully saturated rings. The Morgan fingerprint density at radius 2 is 1.75 bits per heavy atom. The number of nitrogens with two attached hydrogens (primary N) is 1. The second kappa shape index (κ2) is 5.85. The van der Waals surface area contributed by atoms with Gasteiger partial charge in [0.25, 0.3) is 0 Å². The van der Waals surface area contributed by atoms with Crippen LogP contribution in [0.15, 0.2) is 52.3 Å². The summed E-state index contributed by atoms with van der Waals surface area (Å²) in [6.07, 6.45) is -4.43. The summed E-state index contributed by atoms with van der Waals surface area (Å²) in [5.41, 5.74) is 4.60. The zero-order valence-corrected chi connectivity index (χ0v) is 11.1. The molecule has 0 aliphatic heterocycles. The maximum absolute atomic E-state index is 13.5. The third-order valence-corrected chi connectivity index (χ3v) is 3.71. The molecule has 0 amide bonds. The largest absolute Gasteiger partial charge is 0.416 e. The number of rotatable bonds is 3. The van der Waals surface area contributed by atoms with Crippen molar-refractivity contribution in [2.24, 2.45) is 5.73 Å². The van der Waals surface area contributed by atoms with Gasteiger partial charge in [0.1, 0.15) is 5.82 Å². The van der Waals surface area contributed by atoms with Gasteiger partial charge in [-0.05, 0) is 35.9 Å². The molecule has 0 heterocycles. The summed E-state index contributed by atoms with van der Waals surface area (Å²) >= 11 is 1.07. The zero-order chi connectivity index (χ0) is 14.8. The Hall–Kier alpha value is -1.53. The third kappa shape index (κ3) is 3.32. The molecule has 0 atom stereocenters. The highest BCUT2D eigenvalue weighted by molar-refractivity contribution is 7.99. The van der Waals surface area contributed by atoms with E-state index >= 15 is 0 Å². The minimum absolute atomic E-state index is 0.00107. The summed E-state index contributed by atoms with van der Waals surface area (Å²) in [6, 6.07) is 9.73. The lowest BCUT2D eigenvalue weighted by Crippen LogP contribution is -2.11. The minimum Gasteiger partial charge on any atom is -0.326 e. The summed E-state index contributed by atoms with van der Waals surface area (Å²) in [7, 11) is 0. The standard InChI is InChI=1S/C14H11F4NS/c15-12-3-1-2-4-13(12)20-10-5-6-11(14(16,17)18)9(7-10)8-19/h1-7H,8,19H2. The molecule has 0 spiro atoms. The predicted octanol–water partition coefficient (Wildman–Crippen LogP) is 4.45. The van der Waals surface area contributed by atoms with Crippen LogP contribution in [-0.4, -0.2) is 0 Å². The maximum atomic E-state index is 13.5. The Balaban J connectivity index is 2.33. The number of benzene rings is 2. The van der Waals surface area contributed by atoms with Gasteiger partial charge in [0.15, 0.2) is 0 Å². The Morgan fingerprint density at radius 3 is 2.35 bits per heavy atom. The second-order valence-electron chi connectivity index (χ2n) is 4.05. The van der Waals surface area contributed by atoms with Gasteiger partial charge in [0.05, 0.1) is 5.56 Å². The van der Waals surface area contributed by atoms with Gasteiger partial charge in [-0.25, -0.2) is 4.39 Å². The molecule has 0 bridgehead atoms. The molecule has 1 nitrogen and oxygen atoms in total. The van der Waals surface area contributed by atoms with Crippen molar-refractivity contribution in [2.45, 2.75) is 22.5 Å². The number of hydrogen-bond acceptors (Lipinski definition) is 2. The Bertz CT molecular complexity index is 610. The number of alkyl halides is 3. The Kier molecular flexibility index (Phi) is 4.35. The molecule has 6 heteroatoms. The summed E-state index contributed by atoms with van der Waals surface area (Å²) in [6.45, 7) is -0.222. The average Bonchev–Trinajstić information content (AvgIpc) is 2.40. The fraction of sp³-hybridized carbons (Fsp3) is 0.143. The van der Waals surface area contributed by atoms with Gasteiger partial charge in [-0.3, -0.25) is 0 Å². The van der Waals surface area contributed by atoms with E-state index in [1.165, 1.54) is 18.2 Å². The quantitative estimate of drug-likeness (QED) is 0.847. The molecular weight excluding hydrogens is 290 g/mol. The van der Waals surface area contributed by atoms with Crippen molar-refractivity contribution in [3.05, 3.63) is 59.4 Å². The lowest BCUT2D eigenvalue weighted by Gasteiger charge is -2.13. The van der Waals surface area contributed by atoms with E-state index in [9.17, 15) is 17.6 Å². The van der Waals surface area contributed by atoms with Gasteiger partial charge in [-0.15, -0.1) is 0 Å². The maximum Gasteiger partial charge on any atom is 0.416 e. The van der Waals surface area contributed by atoms with Crippen molar-refractivity contribution in [1.29, 1.82) is 0 Å². The van der Waals surface area contributed by atoms with Gasteiger partial charge in [0.2, 0.25) is 0 Å². The predicted molar refractivity (Wildman–Crippen MR) is 69.9 cm³/mol. The third-order valence-electron chi connectivity index (χ3n) is 2.67. The first-order valence-electron chi connectivity index (χ1n) is 5.74. The van der Waals surface area contributed by atoms with Crippen LogP contribution >= 0.6 is 11.8 Å². The number of halogens is 4. The van der Waals surface area contributed by atoms with E-state index in [0.717, 1.165) is 17.8 Å². The minimum atomic E-state index is -4.43. The lowest BCUT2D eigenvalue weighted by atomic mass is 10.1. The van der Waals surface area contributed by atoms with Crippen LogP contribution in [0, 0.1) is 5.82 Å². The molecule has 20 heavy (non-hydrogen) atoms. The lowest BCUT2D eigenvalue weighted by molar-refractivity contribution is -0.138. The fourth-order valence-corrected chi connectivity index (χ4v) is 2.64. The van der Waals surface area contributed by atoms with Crippen molar-refractivity contribution in [1.82, 2.24) is 0 Å². The molecule has 0 aromatic heterocycles. The molecule has 2 aromatic carbocycles. The molecule has 0 saturated carbocycles. The van der Waals surface area contributed by atoms with Crippen LogP contribution < -0.4 is 5.73 Å². The van der Waals surface area contributed by atoms with Crippen LogP contribution in [0.1, 0.15) is 11.1 Å². The molecule has 0 aliphatic rings. The highest BCUT2D eigenvalue weighted by Gasteiger charge is 2.32. The molecule has 0 radical (unpaired) electrons. The van der Waals surface area contributed by atoms with Crippen molar-refractivity contribution in [2.75, 3.05) is 0 Å². The van der Waals surface area contributed by atoms with E-state index in [1.807, 2.05) is 0 Å². The molecule has 2 rings (SSSR count). The molecule has 2 N–H and O–H groups in total. The molecule has 0 aliphatic carbocycles. The molecular formula is C14H11F4NS. The van der Waals surface area contributed by atoms with E-state index in [-0.39, 0.29) is 12.1 Å². The first-order valence-corrected chi connectivity index (χ1v) is 6.56. The van der Waals surface area contributed by atoms with Gasteiger partial charge < -0.3 is 5.73 Å². The smallest absolute Gasteiger partial charge is 0.326 e. The molecule has 0 saturated heterocycles. The van der Waals surface area contributed by atoms with Crippen LogP contribution in [0.4, 0.5) is 17.6 Å². The summed E-state index contributed by atoms with van der Waals surface area (Å²) in [4.78, 5) is 0.874. The van der Waals surface area contributed by atoms with Crippen molar-refractivity contribution < 1.29 is 17.6 Å². The van der Waals surface area contributed by atoms with E-state index in [1.54, 1.807) is 18.2 Å². The van der Waals surface area contributed by atoms with E-state index in [2.05, 4.69) is 0 Å². The topological polar surface area (TPSA) is 26.0 Å². The first kappa shape index (κ1) is 14.9. The van der Waals surface area contributed by atoms with Gasteiger partial charge in [0, 0.05) is 16.3 Å². The van der Waals surface area contributed by atoms with E-state index in [4.69, 9.17) is 5.73 Å². The fourth-order valence-electron chi connectivity index (χ4n) is 1.73. The molecule has 0 unspecified atom stereocenters. The van der Waals surface area contributed by atoms with Crippen LogP contribution in [0.25, 0.3) is 0 Å². The SMILES string of the molecule is NCc1cc(Sc2ccccc2F)ccc1C(F)(F)F. The highest BCUT2D eigenvalue weighted by atomic mass is 32.2.